The highest BCUT2D eigenvalue weighted by molar-refractivity contribution is 8.00. The maximum absolute atomic E-state index is 13.8. The van der Waals surface area contributed by atoms with Gasteiger partial charge in [0.25, 0.3) is 0 Å². The van der Waals surface area contributed by atoms with E-state index in [4.69, 9.17) is 4.74 Å². The van der Waals surface area contributed by atoms with Crippen LogP contribution in [0.1, 0.15) is 0 Å². The summed E-state index contributed by atoms with van der Waals surface area (Å²) in [7, 11) is 1.29. The fourth-order valence-corrected chi connectivity index (χ4v) is 2.66. The molecule has 3 rings (SSSR count). The van der Waals surface area contributed by atoms with Crippen LogP contribution in [0, 0.1) is 11.6 Å². The first-order valence-corrected chi connectivity index (χ1v) is 7.54. The van der Waals surface area contributed by atoms with Gasteiger partial charge in [0.2, 0.25) is 0 Å². The summed E-state index contributed by atoms with van der Waals surface area (Å²) in [4.78, 5) is 8.15. The molecule has 0 radical (unpaired) electrons. The van der Waals surface area contributed by atoms with E-state index >= 15 is 0 Å². The first-order valence-electron chi connectivity index (χ1n) is 6.73. The van der Waals surface area contributed by atoms with E-state index in [0.29, 0.717) is 0 Å². The normalized spacial score (nSPS) is 10.6. The Balaban J connectivity index is 1.72. The summed E-state index contributed by atoms with van der Waals surface area (Å²) in [6.07, 6.45) is 3.47. The fraction of sp³-hybridized carbons (Fsp3) is 0.0625. The minimum atomic E-state index is -0.625. The lowest BCUT2D eigenvalue weighted by Crippen LogP contribution is -1.95. The maximum atomic E-state index is 13.8. The lowest BCUT2D eigenvalue weighted by atomic mass is 10.3. The summed E-state index contributed by atoms with van der Waals surface area (Å²) in [5.74, 6) is -1.34. The molecule has 0 saturated heterocycles. The molecule has 2 N–H and O–H groups in total. The largest absolute Gasteiger partial charge is 0.494 e. The Bertz CT molecular complexity index is 808. The quantitative estimate of drug-likeness (QED) is 0.676. The number of nitrogens with one attached hydrogen (secondary N) is 2. The zero-order valence-electron chi connectivity index (χ0n) is 12.1. The van der Waals surface area contributed by atoms with Gasteiger partial charge in [0.1, 0.15) is 0 Å². The minimum Gasteiger partial charge on any atom is -0.494 e. The van der Waals surface area contributed by atoms with E-state index in [9.17, 15) is 8.78 Å². The van der Waals surface area contributed by atoms with E-state index < -0.39 is 11.6 Å². The number of hydrogen-bond donors (Lipinski definition) is 2. The summed E-state index contributed by atoms with van der Waals surface area (Å²) in [6, 6.07) is 9.56. The number of aromatic amines is 1. The summed E-state index contributed by atoms with van der Waals surface area (Å²) in [5, 5.41) is 0. The summed E-state index contributed by atoms with van der Waals surface area (Å²) < 4.78 is 35.0. The molecular weight excluding hydrogens is 320 g/mol. The number of benzene rings is 1. The van der Waals surface area contributed by atoms with Crippen molar-refractivity contribution in [1.29, 1.82) is 0 Å². The van der Waals surface area contributed by atoms with Gasteiger partial charge in [0.05, 0.1) is 24.2 Å². The molecule has 0 aliphatic heterocycles. The minimum absolute atomic E-state index is 0.0499. The lowest BCUT2D eigenvalue weighted by Gasteiger charge is -2.08. The van der Waals surface area contributed by atoms with Crippen LogP contribution in [0.2, 0.25) is 0 Å². The van der Waals surface area contributed by atoms with E-state index in [-0.39, 0.29) is 11.4 Å². The van der Waals surface area contributed by atoms with Crippen LogP contribution in [0.3, 0.4) is 0 Å². The zero-order chi connectivity index (χ0) is 16.2. The number of pyridine rings is 1. The van der Waals surface area contributed by atoms with Gasteiger partial charge in [-0.2, -0.15) is 0 Å². The maximum Gasteiger partial charge on any atom is 0.167 e. The first-order chi connectivity index (χ1) is 11.2. The molecule has 2 aromatic heterocycles. The molecule has 4 nitrogen and oxygen atoms in total. The molecule has 118 valence electrons. The number of methoxy groups -OCH3 is 1. The predicted molar refractivity (Wildman–Crippen MR) is 86.4 cm³/mol. The van der Waals surface area contributed by atoms with Crippen LogP contribution in [0.25, 0.3) is 11.4 Å². The molecule has 2 heterocycles. The topological polar surface area (TPSA) is 49.9 Å². The SMILES string of the molecule is COc1cc(F)c(NSc2c[nH]c(-c3ccccn3)c2)cc1F. The monoisotopic (exact) mass is 333 g/mol. The highest BCUT2D eigenvalue weighted by Crippen LogP contribution is 2.29. The van der Waals surface area contributed by atoms with Crippen molar-refractivity contribution < 1.29 is 13.5 Å². The van der Waals surface area contributed by atoms with Crippen LogP contribution in [0.5, 0.6) is 5.75 Å². The van der Waals surface area contributed by atoms with Crippen molar-refractivity contribution in [1.82, 2.24) is 9.97 Å². The van der Waals surface area contributed by atoms with Crippen LogP contribution >= 0.6 is 11.9 Å². The summed E-state index contributed by atoms with van der Waals surface area (Å²) in [5.41, 5.74) is 1.70. The van der Waals surface area contributed by atoms with Crippen molar-refractivity contribution in [3.8, 4) is 17.1 Å². The van der Waals surface area contributed by atoms with Gasteiger partial charge in [-0.15, -0.1) is 0 Å². The highest BCUT2D eigenvalue weighted by Gasteiger charge is 2.11. The number of ether oxygens (including phenoxy) is 1. The smallest absolute Gasteiger partial charge is 0.167 e. The van der Waals surface area contributed by atoms with Gasteiger partial charge in [0, 0.05) is 29.4 Å². The number of hydrogen-bond acceptors (Lipinski definition) is 4. The average Bonchev–Trinajstić information content (AvgIpc) is 3.05. The molecule has 3 aromatic rings. The van der Waals surface area contributed by atoms with E-state index in [1.807, 2.05) is 24.3 Å². The molecule has 0 spiro atoms. The third-order valence-corrected chi connectivity index (χ3v) is 3.91. The molecule has 0 unspecified atom stereocenters. The molecular formula is C16H13F2N3OS. The first kappa shape index (κ1) is 15.4. The predicted octanol–water partition coefficient (Wildman–Crippen LogP) is 4.48. The number of H-pyrrole nitrogens is 1. The van der Waals surface area contributed by atoms with Crippen molar-refractivity contribution in [2.24, 2.45) is 0 Å². The van der Waals surface area contributed by atoms with Gasteiger partial charge in [-0.1, -0.05) is 6.07 Å². The van der Waals surface area contributed by atoms with Gasteiger partial charge >= 0.3 is 0 Å². The van der Waals surface area contributed by atoms with Crippen LogP contribution in [0.15, 0.2) is 53.7 Å². The Morgan fingerprint density at radius 2 is 2.04 bits per heavy atom. The van der Waals surface area contributed by atoms with Crippen LogP contribution in [-0.4, -0.2) is 17.1 Å². The number of aromatic nitrogens is 2. The Kier molecular flexibility index (Phi) is 4.47. The Morgan fingerprint density at radius 3 is 2.78 bits per heavy atom. The Hall–Kier alpha value is -2.54. The van der Waals surface area contributed by atoms with E-state index in [1.165, 1.54) is 19.1 Å². The van der Waals surface area contributed by atoms with Crippen molar-refractivity contribution in [2.75, 3.05) is 11.8 Å². The third-order valence-electron chi connectivity index (χ3n) is 3.12. The van der Waals surface area contributed by atoms with Gasteiger partial charge in [-0.25, -0.2) is 8.78 Å². The Morgan fingerprint density at radius 1 is 1.17 bits per heavy atom. The molecule has 0 aliphatic carbocycles. The van der Waals surface area contributed by atoms with E-state index in [0.717, 1.165) is 28.4 Å². The molecule has 0 saturated carbocycles. The molecule has 0 aliphatic rings. The highest BCUT2D eigenvalue weighted by atomic mass is 32.2. The van der Waals surface area contributed by atoms with E-state index in [2.05, 4.69) is 14.7 Å². The van der Waals surface area contributed by atoms with Crippen molar-refractivity contribution in [3.05, 3.63) is 60.4 Å². The molecule has 0 atom stereocenters. The number of halogens is 2. The number of rotatable bonds is 5. The number of anilines is 1. The molecule has 7 heteroatoms. The van der Waals surface area contributed by atoms with E-state index in [1.54, 1.807) is 12.4 Å². The standard InChI is InChI=1S/C16H13F2N3OS/c1-22-16-8-11(17)14(7-12(16)18)21-23-10-6-15(20-9-10)13-4-2-3-5-19-13/h2-9,20-21H,1H3. The molecule has 0 bridgehead atoms. The van der Waals surface area contributed by atoms with Gasteiger partial charge < -0.3 is 14.4 Å². The molecule has 1 aromatic carbocycles. The zero-order valence-corrected chi connectivity index (χ0v) is 13.0. The lowest BCUT2D eigenvalue weighted by molar-refractivity contribution is 0.383. The average molecular weight is 333 g/mol. The number of nitrogens with zero attached hydrogens (tertiary/aromatic N) is 1. The fourth-order valence-electron chi connectivity index (χ4n) is 1.98. The molecule has 23 heavy (non-hydrogen) atoms. The van der Waals surface area contributed by atoms with Crippen LogP contribution < -0.4 is 9.46 Å². The van der Waals surface area contributed by atoms with Gasteiger partial charge in [-0.3, -0.25) is 4.98 Å². The van der Waals surface area contributed by atoms with Crippen LogP contribution in [-0.2, 0) is 0 Å². The van der Waals surface area contributed by atoms with Crippen molar-refractivity contribution in [2.45, 2.75) is 4.90 Å². The second kappa shape index (κ2) is 6.70. The van der Waals surface area contributed by atoms with Gasteiger partial charge in [-0.05, 0) is 30.1 Å². The molecule has 0 amide bonds. The summed E-state index contributed by atoms with van der Waals surface area (Å²) >= 11 is 1.17. The van der Waals surface area contributed by atoms with Gasteiger partial charge in [0.15, 0.2) is 17.4 Å². The van der Waals surface area contributed by atoms with Crippen LogP contribution in [0.4, 0.5) is 14.5 Å². The second-order valence-electron chi connectivity index (χ2n) is 4.63. The summed E-state index contributed by atoms with van der Waals surface area (Å²) in [6.45, 7) is 0. The Labute approximate surface area is 136 Å². The van der Waals surface area contributed by atoms with Crippen molar-refractivity contribution >= 4 is 17.6 Å². The molecule has 0 fully saturated rings. The third kappa shape index (κ3) is 3.45. The second-order valence-corrected chi connectivity index (χ2v) is 5.51. The van der Waals surface area contributed by atoms with Crippen molar-refractivity contribution in [3.63, 3.8) is 0 Å².